The summed E-state index contributed by atoms with van der Waals surface area (Å²) in [5.41, 5.74) is 0. The van der Waals surface area contributed by atoms with Crippen molar-refractivity contribution in [3.05, 3.63) is 6.20 Å². The highest BCUT2D eigenvalue weighted by Gasteiger charge is 2.24. The second-order valence-electron chi connectivity index (χ2n) is 5.23. The molecule has 0 bridgehead atoms. The lowest BCUT2D eigenvalue weighted by Gasteiger charge is -2.14. The molecule has 2 amide bonds. The summed E-state index contributed by atoms with van der Waals surface area (Å²) in [7, 11) is 0. The lowest BCUT2D eigenvalue weighted by molar-refractivity contribution is -0.131. The molecule has 0 aliphatic carbocycles. The van der Waals surface area contributed by atoms with Crippen LogP contribution in [0, 0.1) is 5.92 Å². The third-order valence-electron chi connectivity index (χ3n) is 3.13. The Morgan fingerprint density at radius 1 is 1.55 bits per heavy atom. The smallest absolute Gasteiger partial charge is 0.244 e. The van der Waals surface area contributed by atoms with E-state index in [2.05, 4.69) is 15.6 Å². The summed E-state index contributed by atoms with van der Waals surface area (Å²) in [5, 5.41) is 19.6. The number of carbonyl (C=O) groups excluding carboxylic acids is 2. The predicted molar refractivity (Wildman–Crippen MR) is 70.7 cm³/mol. The highest BCUT2D eigenvalue weighted by Crippen LogP contribution is 2.10. The van der Waals surface area contributed by atoms with E-state index < -0.39 is 6.10 Å². The molecule has 1 fully saturated rings. The molecule has 2 N–H and O–H groups in total. The van der Waals surface area contributed by atoms with Crippen molar-refractivity contribution >= 4 is 17.6 Å². The largest absolute Gasteiger partial charge is 0.391 e. The van der Waals surface area contributed by atoms with Gasteiger partial charge in [-0.2, -0.15) is 0 Å². The Hall–Kier alpha value is -1.96. The van der Waals surface area contributed by atoms with E-state index in [-0.39, 0.29) is 24.3 Å². The Morgan fingerprint density at radius 2 is 2.30 bits per heavy atom. The molecule has 1 aliphatic heterocycles. The number of anilines is 1. The summed E-state index contributed by atoms with van der Waals surface area (Å²) >= 11 is 0. The van der Waals surface area contributed by atoms with Gasteiger partial charge in [0.15, 0.2) is 5.82 Å². The maximum Gasteiger partial charge on any atom is 0.244 e. The minimum Gasteiger partial charge on any atom is -0.391 e. The van der Waals surface area contributed by atoms with E-state index in [1.807, 2.05) is 0 Å². The second-order valence-corrected chi connectivity index (χ2v) is 5.23. The van der Waals surface area contributed by atoms with Crippen molar-refractivity contribution in [3.63, 3.8) is 0 Å². The average molecular weight is 281 g/mol. The Kier molecular flexibility index (Phi) is 4.33. The van der Waals surface area contributed by atoms with Crippen LogP contribution in [-0.2, 0) is 16.1 Å². The lowest BCUT2D eigenvalue weighted by atomic mass is 10.2. The molecule has 20 heavy (non-hydrogen) atoms. The van der Waals surface area contributed by atoms with Crippen LogP contribution in [0.5, 0.6) is 0 Å². The van der Waals surface area contributed by atoms with Crippen LogP contribution in [0.2, 0.25) is 0 Å². The maximum atomic E-state index is 11.9. The summed E-state index contributed by atoms with van der Waals surface area (Å²) in [6.07, 6.45) is 1.69. The molecule has 1 unspecified atom stereocenters. The Balaban J connectivity index is 1.89. The van der Waals surface area contributed by atoms with Crippen molar-refractivity contribution < 1.29 is 14.7 Å². The van der Waals surface area contributed by atoms with E-state index in [9.17, 15) is 14.7 Å². The van der Waals surface area contributed by atoms with Crippen LogP contribution in [0.3, 0.4) is 0 Å². The molecule has 2 heterocycles. The fourth-order valence-electron chi connectivity index (χ4n) is 1.91. The van der Waals surface area contributed by atoms with Crippen molar-refractivity contribution in [2.75, 3.05) is 18.4 Å². The van der Waals surface area contributed by atoms with Crippen LogP contribution in [0.15, 0.2) is 6.20 Å². The van der Waals surface area contributed by atoms with Crippen LogP contribution in [0.4, 0.5) is 5.82 Å². The molecule has 2 rings (SSSR count). The Morgan fingerprint density at radius 3 is 2.90 bits per heavy atom. The van der Waals surface area contributed by atoms with Crippen LogP contribution < -0.4 is 5.32 Å². The topological polar surface area (TPSA) is 100 Å². The molecule has 1 saturated heterocycles. The molecular weight excluding hydrogens is 262 g/mol. The number of nitrogens with zero attached hydrogens (tertiary/aromatic N) is 4. The zero-order valence-corrected chi connectivity index (χ0v) is 11.6. The molecule has 110 valence electrons. The molecule has 0 aromatic carbocycles. The number of hydrogen-bond donors (Lipinski definition) is 2. The van der Waals surface area contributed by atoms with Gasteiger partial charge >= 0.3 is 0 Å². The number of β-amino-alcohol motifs (C(OH)–C–C–N with tert-alkyl or cyclic N) is 1. The number of aliphatic hydroxyl groups is 1. The molecule has 0 spiro atoms. The fraction of sp³-hybridized carbons (Fsp3) is 0.667. The first-order chi connectivity index (χ1) is 9.45. The fourth-order valence-corrected chi connectivity index (χ4v) is 1.91. The van der Waals surface area contributed by atoms with Gasteiger partial charge in [-0.3, -0.25) is 9.59 Å². The minimum atomic E-state index is -0.435. The zero-order valence-electron chi connectivity index (χ0n) is 11.6. The Labute approximate surface area is 116 Å². The monoisotopic (exact) mass is 281 g/mol. The summed E-state index contributed by atoms with van der Waals surface area (Å²) in [5.74, 6) is -0.0787. The number of likely N-dealkylation sites (tertiary alicyclic amines) is 1. The van der Waals surface area contributed by atoms with Gasteiger partial charge in [0.25, 0.3) is 0 Å². The first kappa shape index (κ1) is 14.4. The van der Waals surface area contributed by atoms with Crippen molar-refractivity contribution in [3.8, 4) is 0 Å². The number of hydrogen-bond acceptors (Lipinski definition) is 5. The molecule has 1 aromatic heterocycles. The molecule has 0 radical (unpaired) electrons. The number of nitrogens with one attached hydrogen (secondary N) is 1. The summed E-state index contributed by atoms with van der Waals surface area (Å²) in [6, 6.07) is 0. The number of rotatable bonds is 4. The van der Waals surface area contributed by atoms with Gasteiger partial charge in [-0.15, -0.1) is 5.10 Å². The summed E-state index contributed by atoms with van der Waals surface area (Å²) in [6.45, 7) is 4.54. The first-order valence-corrected chi connectivity index (χ1v) is 6.62. The van der Waals surface area contributed by atoms with Crippen molar-refractivity contribution in [1.29, 1.82) is 0 Å². The molecule has 1 atom stereocenters. The number of aromatic nitrogens is 3. The van der Waals surface area contributed by atoms with Crippen LogP contribution in [0.1, 0.15) is 20.3 Å². The highest BCUT2D eigenvalue weighted by molar-refractivity contribution is 5.90. The molecule has 1 aliphatic rings. The standard InChI is InChI=1S/C12H19N5O3/c1-8(2)12(20)13-10-6-17(15-14-10)7-11(19)16-4-3-9(18)5-16/h6,8-9,18H,3-5,7H2,1-2H3,(H,13,20). The third-order valence-corrected chi connectivity index (χ3v) is 3.13. The SMILES string of the molecule is CC(C)C(=O)Nc1cn(CC(=O)N2CCC(O)C2)nn1. The van der Waals surface area contributed by atoms with E-state index in [1.165, 1.54) is 10.9 Å². The minimum absolute atomic E-state index is 0.0528. The zero-order chi connectivity index (χ0) is 14.7. The summed E-state index contributed by atoms with van der Waals surface area (Å²) < 4.78 is 1.38. The molecular formula is C12H19N5O3. The van der Waals surface area contributed by atoms with Crippen molar-refractivity contribution in [1.82, 2.24) is 19.9 Å². The van der Waals surface area contributed by atoms with Crippen LogP contribution >= 0.6 is 0 Å². The molecule has 1 aromatic rings. The van der Waals surface area contributed by atoms with Crippen LogP contribution in [0.25, 0.3) is 0 Å². The summed E-state index contributed by atoms with van der Waals surface area (Å²) in [4.78, 5) is 25.0. The van der Waals surface area contributed by atoms with Gasteiger partial charge in [0.2, 0.25) is 11.8 Å². The van der Waals surface area contributed by atoms with Gasteiger partial charge in [-0.05, 0) is 6.42 Å². The van der Waals surface area contributed by atoms with Crippen molar-refractivity contribution in [2.24, 2.45) is 5.92 Å². The van der Waals surface area contributed by atoms with Gasteiger partial charge in [0.05, 0.1) is 12.3 Å². The quantitative estimate of drug-likeness (QED) is 0.772. The van der Waals surface area contributed by atoms with E-state index in [1.54, 1.807) is 18.7 Å². The van der Waals surface area contributed by atoms with E-state index in [4.69, 9.17) is 0 Å². The number of carbonyl (C=O) groups is 2. The van der Waals surface area contributed by atoms with Gasteiger partial charge in [-0.1, -0.05) is 19.1 Å². The van der Waals surface area contributed by atoms with Crippen molar-refractivity contribution in [2.45, 2.75) is 32.9 Å². The number of aliphatic hydroxyl groups excluding tert-OH is 1. The van der Waals surface area contributed by atoms with Crippen LogP contribution in [-0.4, -0.2) is 56.0 Å². The normalized spacial score (nSPS) is 18.6. The van der Waals surface area contributed by atoms with Gasteiger partial charge in [0, 0.05) is 19.0 Å². The first-order valence-electron chi connectivity index (χ1n) is 6.62. The van der Waals surface area contributed by atoms with Gasteiger partial charge in [0.1, 0.15) is 6.54 Å². The highest BCUT2D eigenvalue weighted by atomic mass is 16.3. The molecule has 8 heteroatoms. The van der Waals surface area contributed by atoms with E-state index >= 15 is 0 Å². The average Bonchev–Trinajstić information content (AvgIpc) is 2.98. The van der Waals surface area contributed by atoms with Gasteiger partial charge in [-0.25, -0.2) is 4.68 Å². The maximum absolute atomic E-state index is 11.9. The molecule has 8 nitrogen and oxygen atoms in total. The number of amides is 2. The third kappa shape index (κ3) is 3.53. The Bertz CT molecular complexity index is 499. The predicted octanol–water partition coefficient (Wildman–Crippen LogP) is -0.534. The molecule has 0 saturated carbocycles. The second kappa shape index (κ2) is 6.00. The van der Waals surface area contributed by atoms with E-state index in [0.717, 1.165) is 0 Å². The van der Waals surface area contributed by atoms with E-state index in [0.29, 0.717) is 25.3 Å². The van der Waals surface area contributed by atoms with Gasteiger partial charge < -0.3 is 15.3 Å². The lowest BCUT2D eigenvalue weighted by Crippen LogP contribution is -2.32.